The van der Waals surface area contributed by atoms with Crippen molar-refractivity contribution in [3.8, 4) is 0 Å². The van der Waals surface area contributed by atoms with E-state index in [9.17, 15) is 25.2 Å². The zero-order chi connectivity index (χ0) is 42.2. The first-order valence-electron chi connectivity index (χ1n) is 22.7. The van der Waals surface area contributed by atoms with Gasteiger partial charge in [-0.05, 0) is 83.5 Å². The molecule has 0 aromatic rings. The fraction of sp³-hybridized carbons (Fsp3) is 0.694. The van der Waals surface area contributed by atoms with E-state index in [-0.39, 0.29) is 25.6 Å². The van der Waals surface area contributed by atoms with Gasteiger partial charge >= 0.3 is 5.97 Å². The van der Waals surface area contributed by atoms with Gasteiger partial charge in [-0.3, -0.25) is 4.79 Å². The van der Waals surface area contributed by atoms with Crippen molar-refractivity contribution < 1.29 is 44.2 Å². The van der Waals surface area contributed by atoms with Gasteiger partial charge in [0.2, 0.25) is 0 Å². The zero-order valence-corrected chi connectivity index (χ0v) is 36.3. The molecule has 1 saturated heterocycles. The lowest BCUT2D eigenvalue weighted by atomic mass is 9.99. The molecule has 0 aromatic heterocycles. The van der Waals surface area contributed by atoms with Gasteiger partial charge in [0, 0.05) is 13.0 Å². The maximum absolute atomic E-state index is 12.8. The summed E-state index contributed by atoms with van der Waals surface area (Å²) in [6, 6.07) is 0. The lowest BCUT2D eigenvalue weighted by molar-refractivity contribution is -0.305. The van der Waals surface area contributed by atoms with E-state index in [0.29, 0.717) is 6.61 Å². The largest absolute Gasteiger partial charge is 0.457 e. The summed E-state index contributed by atoms with van der Waals surface area (Å²) in [5.41, 5.74) is 0. The molecule has 6 atom stereocenters. The van der Waals surface area contributed by atoms with E-state index >= 15 is 0 Å². The van der Waals surface area contributed by atoms with E-state index in [1.165, 1.54) is 51.4 Å². The van der Waals surface area contributed by atoms with Crippen molar-refractivity contribution in [2.24, 2.45) is 0 Å². The Morgan fingerprint density at radius 1 is 0.569 bits per heavy atom. The minimum Gasteiger partial charge on any atom is -0.457 e. The van der Waals surface area contributed by atoms with Crippen molar-refractivity contribution in [2.45, 2.75) is 192 Å². The summed E-state index contributed by atoms with van der Waals surface area (Å²) in [6.45, 7) is 4.25. The van der Waals surface area contributed by atoms with Crippen LogP contribution in [0.4, 0.5) is 0 Å². The molecule has 1 rings (SSSR count). The summed E-state index contributed by atoms with van der Waals surface area (Å²) in [6.07, 6.45) is 46.2. The molecule has 0 aliphatic carbocycles. The highest BCUT2D eigenvalue weighted by molar-refractivity contribution is 5.69. The molecule has 4 N–H and O–H groups in total. The van der Waals surface area contributed by atoms with E-state index in [2.05, 4.69) is 98.9 Å². The maximum Gasteiger partial charge on any atom is 0.306 e. The number of hydrogen-bond donors (Lipinski definition) is 4. The molecule has 1 heterocycles. The van der Waals surface area contributed by atoms with Crippen LogP contribution in [0.3, 0.4) is 0 Å². The molecule has 0 aromatic carbocycles. The van der Waals surface area contributed by atoms with E-state index in [0.717, 1.165) is 83.5 Å². The number of ether oxygens (including phenoxy) is 4. The summed E-state index contributed by atoms with van der Waals surface area (Å²) in [4.78, 5) is 12.8. The molecule has 9 heteroatoms. The van der Waals surface area contributed by atoms with E-state index < -0.39 is 43.4 Å². The van der Waals surface area contributed by atoms with Crippen molar-refractivity contribution >= 4 is 5.97 Å². The zero-order valence-electron chi connectivity index (χ0n) is 36.3. The number of allylic oxidation sites excluding steroid dienone is 14. The predicted molar refractivity (Wildman–Crippen MR) is 237 cm³/mol. The molecule has 1 aliphatic heterocycles. The smallest absolute Gasteiger partial charge is 0.306 e. The first-order chi connectivity index (χ1) is 28.4. The van der Waals surface area contributed by atoms with Crippen molar-refractivity contribution in [3.63, 3.8) is 0 Å². The van der Waals surface area contributed by atoms with Gasteiger partial charge in [-0.2, -0.15) is 0 Å². The van der Waals surface area contributed by atoms with Gasteiger partial charge in [0.05, 0.1) is 19.8 Å². The van der Waals surface area contributed by atoms with Gasteiger partial charge in [0.1, 0.15) is 30.5 Å². The monoisotopic (exact) mass is 815 g/mol. The Labute approximate surface area is 352 Å². The molecule has 0 saturated carbocycles. The molecule has 332 valence electrons. The molecule has 58 heavy (non-hydrogen) atoms. The highest BCUT2D eigenvalue weighted by Gasteiger charge is 2.44. The average Bonchev–Trinajstić information content (AvgIpc) is 3.22. The third kappa shape index (κ3) is 30.4. The standard InChI is InChI=1S/C49H82O9/c1-3-5-7-9-11-13-15-17-19-20-21-22-23-24-25-26-28-30-32-34-36-38-45(51)57-43(42-56-49-48(54)47(53)46(52)44(40-50)58-49)41-55-39-37-35-33-31-29-27-18-16-14-12-10-8-6-4-2/h6,8,12,14-15,17-18,20-21,23-24,27,31,33,43-44,46-50,52-54H,3-5,7,9-11,13,16,19,22,25-26,28-30,32,34-42H2,1-2H3/b8-6-,14-12-,17-15-,21-20-,24-23-,27-18-,33-31-. The Bertz CT molecular complexity index is 1150. The number of rotatable bonds is 37. The van der Waals surface area contributed by atoms with Gasteiger partial charge in [-0.25, -0.2) is 0 Å². The lowest BCUT2D eigenvalue weighted by Gasteiger charge is -2.39. The van der Waals surface area contributed by atoms with Crippen LogP contribution in [-0.2, 0) is 23.7 Å². The van der Waals surface area contributed by atoms with Crippen LogP contribution in [0.25, 0.3) is 0 Å². The quantitative estimate of drug-likeness (QED) is 0.0275. The van der Waals surface area contributed by atoms with Gasteiger partial charge in [0.25, 0.3) is 0 Å². The van der Waals surface area contributed by atoms with Gasteiger partial charge in [-0.15, -0.1) is 0 Å². The van der Waals surface area contributed by atoms with Crippen molar-refractivity contribution in [1.29, 1.82) is 0 Å². The van der Waals surface area contributed by atoms with E-state index in [1.807, 2.05) is 0 Å². The summed E-state index contributed by atoms with van der Waals surface area (Å²) in [7, 11) is 0. The summed E-state index contributed by atoms with van der Waals surface area (Å²) >= 11 is 0. The normalized spacial score (nSPS) is 21.1. The Hall–Kier alpha value is -2.63. The van der Waals surface area contributed by atoms with Gasteiger partial charge < -0.3 is 39.4 Å². The second kappa shape index (κ2) is 39.8. The first kappa shape index (κ1) is 53.4. The number of carbonyl (C=O) groups is 1. The highest BCUT2D eigenvalue weighted by atomic mass is 16.7. The maximum atomic E-state index is 12.8. The van der Waals surface area contributed by atoms with E-state index in [4.69, 9.17) is 18.9 Å². The topological polar surface area (TPSA) is 135 Å². The fourth-order valence-corrected chi connectivity index (χ4v) is 6.27. The van der Waals surface area contributed by atoms with Gasteiger partial charge in [-0.1, -0.05) is 150 Å². The van der Waals surface area contributed by atoms with Crippen LogP contribution in [0.2, 0.25) is 0 Å². The van der Waals surface area contributed by atoms with Crippen LogP contribution in [0, 0.1) is 0 Å². The molecule has 9 nitrogen and oxygen atoms in total. The lowest BCUT2D eigenvalue weighted by Crippen LogP contribution is -2.59. The molecule has 0 radical (unpaired) electrons. The second-order valence-electron chi connectivity index (χ2n) is 15.1. The number of unbranched alkanes of at least 4 members (excludes halogenated alkanes) is 12. The predicted octanol–water partition coefficient (Wildman–Crippen LogP) is 10.2. The van der Waals surface area contributed by atoms with Crippen molar-refractivity contribution in [3.05, 3.63) is 85.1 Å². The molecular formula is C49H82O9. The summed E-state index contributed by atoms with van der Waals surface area (Å²) in [5.74, 6) is -0.348. The SMILES string of the molecule is CC/C=C\C/C=C\C/C=C\C/C=C\CCCOCC(COC1OC(CO)C(O)C(O)C1O)OC(=O)CCCCCCCC/C=C\C/C=C\C/C=C\CCCCCCC. The fourth-order valence-electron chi connectivity index (χ4n) is 6.27. The van der Waals surface area contributed by atoms with Crippen LogP contribution >= 0.6 is 0 Å². The number of esters is 1. The van der Waals surface area contributed by atoms with Crippen LogP contribution in [-0.4, -0.2) is 89.6 Å². The number of carbonyl (C=O) groups excluding carboxylic acids is 1. The highest BCUT2D eigenvalue weighted by Crippen LogP contribution is 2.22. The minimum atomic E-state index is -1.55. The summed E-state index contributed by atoms with van der Waals surface area (Å²) < 4.78 is 22.7. The van der Waals surface area contributed by atoms with Crippen molar-refractivity contribution in [2.75, 3.05) is 26.4 Å². The van der Waals surface area contributed by atoms with Gasteiger partial charge in [0.15, 0.2) is 6.29 Å². The number of aliphatic hydroxyl groups is 4. The molecular weight excluding hydrogens is 733 g/mol. The molecule has 0 bridgehead atoms. The molecule has 1 aliphatic rings. The first-order valence-corrected chi connectivity index (χ1v) is 22.7. The average molecular weight is 815 g/mol. The number of hydrogen-bond acceptors (Lipinski definition) is 9. The van der Waals surface area contributed by atoms with Crippen molar-refractivity contribution in [1.82, 2.24) is 0 Å². The summed E-state index contributed by atoms with van der Waals surface area (Å²) in [5, 5.41) is 40.1. The molecule has 0 amide bonds. The molecule has 0 spiro atoms. The van der Waals surface area contributed by atoms with Crippen LogP contribution in [0.1, 0.15) is 155 Å². The van der Waals surface area contributed by atoms with Crippen LogP contribution < -0.4 is 0 Å². The molecule has 1 fully saturated rings. The Kier molecular flexibility index (Phi) is 36.6. The molecule has 6 unspecified atom stereocenters. The van der Waals surface area contributed by atoms with E-state index in [1.54, 1.807) is 0 Å². The van der Waals surface area contributed by atoms with Crippen LogP contribution in [0.5, 0.6) is 0 Å². The second-order valence-corrected chi connectivity index (χ2v) is 15.1. The third-order valence-electron chi connectivity index (χ3n) is 9.80. The Morgan fingerprint density at radius 2 is 1.05 bits per heavy atom. The minimum absolute atomic E-state index is 0.0960. The Morgan fingerprint density at radius 3 is 1.59 bits per heavy atom. The third-order valence-corrected chi connectivity index (χ3v) is 9.80. The van der Waals surface area contributed by atoms with Crippen LogP contribution in [0.15, 0.2) is 85.1 Å². The number of aliphatic hydroxyl groups excluding tert-OH is 4. The Balaban J connectivity index is 2.31.